The van der Waals surface area contributed by atoms with E-state index >= 15 is 0 Å². The van der Waals surface area contributed by atoms with E-state index in [1.807, 2.05) is 37.3 Å². The lowest BCUT2D eigenvalue weighted by Gasteiger charge is -2.32. The van der Waals surface area contributed by atoms with Crippen molar-refractivity contribution in [3.05, 3.63) is 105 Å². The zero-order valence-electron chi connectivity index (χ0n) is 20.3. The third-order valence-electron chi connectivity index (χ3n) is 6.07. The van der Waals surface area contributed by atoms with Crippen molar-refractivity contribution in [2.24, 2.45) is 0 Å². The molecular formula is C29H32Cl2N2O2. The molecule has 184 valence electrons. The summed E-state index contributed by atoms with van der Waals surface area (Å²) in [6, 6.07) is 22.6. The van der Waals surface area contributed by atoms with Crippen LogP contribution in [-0.4, -0.2) is 29.3 Å². The van der Waals surface area contributed by atoms with Crippen molar-refractivity contribution in [3.63, 3.8) is 0 Å². The highest BCUT2D eigenvalue weighted by Gasteiger charge is 2.30. The summed E-state index contributed by atoms with van der Waals surface area (Å²) in [5.41, 5.74) is 3.96. The Morgan fingerprint density at radius 2 is 1.46 bits per heavy atom. The van der Waals surface area contributed by atoms with Crippen LogP contribution >= 0.6 is 23.2 Å². The van der Waals surface area contributed by atoms with E-state index in [0.717, 1.165) is 17.5 Å². The first-order chi connectivity index (χ1) is 16.9. The van der Waals surface area contributed by atoms with Gasteiger partial charge in [-0.3, -0.25) is 9.59 Å². The Labute approximate surface area is 218 Å². The van der Waals surface area contributed by atoms with E-state index in [9.17, 15) is 9.59 Å². The molecule has 6 heteroatoms. The molecule has 0 heterocycles. The predicted molar refractivity (Wildman–Crippen MR) is 144 cm³/mol. The highest BCUT2D eigenvalue weighted by atomic mass is 35.5. The van der Waals surface area contributed by atoms with Gasteiger partial charge in [-0.15, -0.1) is 0 Å². The molecule has 0 aliphatic heterocycles. The van der Waals surface area contributed by atoms with Crippen LogP contribution in [0.1, 0.15) is 42.5 Å². The molecule has 0 saturated heterocycles. The molecule has 0 fully saturated rings. The van der Waals surface area contributed by atoms with Crippen LogP contribution in [0.15, 0.2) is 72.8 Å². The minimum absolute atomic E-state index is 0.118. The quantitative estimate of drug-likeness (QED) is 0.330. The zero-order valence-corrected chi connectivity index (χ0v) is 21.8. The van der Waals surface area contributed by atoms with E-state index in [-0.39, 0.29) is 24.8 Å². The molecule has 0 saturated carbocycles. The van der Waals surface area contributed by atoms with E-state index in [4.69, 9.17) is 23.2 Å². The minimum atomic E-state index is -0.695. The van der Waals surface area contributed by atoms with Gasteiger partial charge in [0.15, 0.2) is 0 Å². The Morgan fingerprint density at radius 3 is 2.06 bits per heavy atom. The van der Waals surface area contributed by atoms with Crippen molar-refractivity contribution in [2.45, 2.75) is 52.1 Å². The second kappa shape index (κ2) is 13.3. The number of amides is 2. The van der Waals surface area contributed by atoms with Crippen LogP contribution < -0.4 is 5.32 Å². The van der Waals surface area contributed by atoms with Crippen LogP contribution in [0.3, 0.4) is 0 Å². The van der Waals surface area contributed by atoms with Gasteiger partial charge in [-0.05, 0) is 48.6 Å². The minimum Gasteiger partial charge on any atom is -0.355 e. The second-order valence-electron chi connectivity index (χ2n) is 8.49. The molecule has 3 aromatic rings. The van der Waals surface area contributed by atoms with Crippen molar-refractivity contribution >= 4 is 35.0 Å². The Bertz CT molecular complexity index is 1100. The zero-order chi connectivity index (χ0) is 25.2. The number of likely N-dealkylation sites (N-methyl/N-ethyl adjacent to an activating group) is 1. The summed E-state index contributed by atoms with van der Waals surface area (Å²) in [6.45, 7) is 4.61. The highest BCUT2D eigenvalue weighted by molar-refractivity contribution is 6.36. The van der Waals surface area contributed by atoms with Crippen LogP contribution in [0, 0.1) is 0 Å². The third-order valence-corrected chi connectivity index (χ3v) is 6.78. The maximum atomic E-state index is 13.7. The molecule has 0 unspecified atom stereocenters. The van der Waals surface area contributed by atoms with Crippen LogP contribution in [-0.2, 0) is 35.4 Å². The Kier molecular flexibility index (Phi) is 10.2. The molecule has 3 rings (SSSR count). The van der Waals surface area contributed by atoms with Crippen molar-refractivity contribution in [1.29, 1.82) is 0 Å². The maximum absolute atomic E-state index is 13.7. The summed E-state index contributed by atoms with van der Waals surface area (Å²) < 4.78 is 0. The summed E-state index contributed by atoms with van der Waals surface area (Å²) in [5.74, 6) is -0.312. The van der Waals surface area contributed by atoms with Gasteiger partial charge >= 0.3 is 0 Å². The molecule has 1 N–H and O–H groups in total. The number of carbonyl (C=O) groups is 2. The SMILES string of the molecule is CCNC(=O)[C@@H](Cc1ccccc1)N(Cc1c(Cl)cccc1Cl)C(=O)CCc1ccc(CC)cc1. The number of nitrogens with one attached hydrogen (secondary N) is 1. The lowest BCUT2D eigenvalue weighted by Crippen LogP contribution is -2.50. The fourth-order valence-electron chi connectivity index (χ4n) is 4.04. The van der Waals surface area contributed by atoms with E-state index < -0.39 is 6.04 Å². The number of benzene rings is 3. The smallest absolute Gasteiger partial charge is 0.243 e. The average Bonchev–Trinajstić information content (AvgIpc) is 2.87. The molecule has 0 aromatic heterocycles. The summed E-state index contributed by atoms with van der Waals surface area (Å²) in [7, 11) is 0. The van der Waals surface area contributed by atoms with Crippen LogP contribution in [0.25, 0.3) is 0 Å². The standard InChI is InChI=1S/C29H32Cl2N2O2/c1-3-21-13-15-22(16-14-21)17-18-28(34)33(20-24-25(30)11-8-12-26(24)31)27(29(35)32-4-2)19-23-9-6-5-7-10-23/h5-16,27H,3-4,17-20H2,1-2H3,(H,32,35)/t27-/m1/s1. The first-order valence-electron chi connectivity index (χ1n) is 12.0. The predicted octanol–water partition coefficient (Wildman–Crippen LogP) is 6.26. The number of halogens is 2. The van der Waals surface area contributed by atoms with Crippen LogP contribution in [0.2, 0.25) is 10.0 Å². The van der Waals surface area contributed by atoms with Gasteiger partial charge in [0, 0.05) is 41.5 Å². The van der Waals surface area contributed by atoms with Gasteiger partial charge < -0.3 is 10.2 Å². The largest absolute Gasteiger partial charge is 0.355 e. The number of carbonyl (C=O) groups excluding carboxylic acids is 2. The van der Waals surface area contributed by atoms with Gasteiger partial charge in [-0.2, -0.15) is 0 Å². The van der Waals surface area contributed by atoms with Gasteiger partial charge in [0.2, 0.25) is 11.8 Å². The molecular weight excluding hydrogens is 479 g/mol. The van der Waals surface area contributed by atoms with Crippen LogP contribution in [0.5, 0.6) is 0 Å². The molecule has 4 nitrogen and oxygen atoms in total. The molecule has 0 spiro atoms. The summed E-state index contributed by atoms with van der Waals surface area (Å²) in [5, 5.41) is 3.85. The Balaban J connectivity index is 1.91. The summed E-state index contributed by atoms with van der Waals surface area (Å²) >= 11 is 12.9. The third kappa shape index (κ3) is 7.58. The van der Waals surface area contributed by atoms with E-state index in [0.29, 0.717) is 35.0 Å². The molecule has 0 aliphatic rings. The van der Waals surface area contributed by atoms with Crippen LogP contribution in [0.4, 0.5) is 0 Å². The van der Waals surface area contributed by atoms with Crippen molar-refractivity contribution in [1.82, 2.24) is 10.2 Å². The first kappa shape index (κ1) is 26.8. The molecule has 35 heavy (non-hydrogen) atoms. The van der Waals surface area contributed by atoms with E-state index in [1.165, 1.54) is 5.56 Å². The lowest BCUT2D eigenvalue weighted by molar-refractivity contribution is -0.141. The van der Waals surface area contributed by atoms with Gasteiger partial charge in [-0.1, -0.05) is 90.8 Å². The number of hydrogen-bond donors (Lipinski definition) is 1. The Hall–Kier alpha value is -2.82. The maximum Gasteiger partial charge on any atom is 0.243 e. The molecule has 0 radical (unpaired) electrons. The fraction of sp³-hybridized carbons (Fsp3) is 0.310. The first-order valence-corrected chi connectivity index (χ1v) is 12.8. The summed E-state index contributed by atoms with van der Waals surface area (Å²) in [6.07, 6.45) is 2.23. The molecule has 0 aliphatic carbocycles. The normalized spacial score (nSPS) is 11.7. The van der Waals surface area contributed by atoms with Gasteiger partial charge in [0.25, 0.3) is 0 Å². The van der Waals surface area contributed by atoms with E-state index in [2.05, 4.69) is 36.5 Å². The van der Waals surface area contributed by atoms with Crippen molar-refractivity contribution in [3.8, 4) is 0 Å². The molecule has 0 bridgehead atoms. The number of hydrogen-bond acceptors (Lipinski definition) is 2. The lowest BCUT2D eigenvalue weighted by atomic mass is 10.0. The van der Waals surface area contributed by atoms with Gasteiger partial charge in [-0.25, -0.2) is 0 Å². The number of aryl methyl sites for hydroxylation is 2. The van der Waals surface area contributed by atoms with E-state index in [1.54, 1.807) is 23.1 Å². The van der Waals surface area contributed by atoms with Gasteiger partial charge in [0.1, 0.15) is 6.04 Å². The van der Waals surface area contributed by atoms with Gasteiger partial charge in [0.05, 0.1) is 0 Å². The van der Waals surface area contributed by atoms with Crippen molar-refractivity contribution in [2.75, 3.05) is 6.54 Å². The number of rotatable bonds is 11. The highest BCUT2D eigenvalue weighted by Crippen LogP contribution is 2.27. The molecule has 1 atom stereocenters. The molecule has 3 aromatic carbocycles. The number of nitrogens with zero attached hydrogens (tertiary/aromatic N) is 1. The fourth-order valence-corrected chi connectivity index (χ4v) is 4.55. The topological polar surface area (TPSA) is 49.4 Å². The van der Waals surface area contributed by atoms with Crippen molar-refractivity contribution < 1.29 is 9.59 Å². The average molecular weight is 511 g/mol. The molecule has 2 amide bonds. The summed E-state index contributed by atoms with van der Waals surface area (Å²) in [4.78, 5) is 28.5. The monoisotopic (exact) mass is 510 g/mol. The Morgan fingerprint density at radius 1 is 0.829 bits per heavy atom. The second-order valence-corrected chi connectivity index (χ2v) is 9.31.